The molecule has 0 unspecified atom stereocenters. The summed E-state index contributed by atoms with van der Waals surface area (Å²) >= 11 is 3.45. The van der Waals surface area contributed by atoms with Gasteiger partial charge in [0.25, 0.3) is 5.91 Å². The number of imidazole rings is 1. The van der Waals surface area contributed by atoms with Crippen LogP contribution in [0.3, 0.4) is 0 Å². The second kappa shape index (κ2) is 9.38. The topological polar surface area (TPSA) is 94.3 Å². The molecule has 0 radical (unpaired) electrons. The van der Waals surface area contributed by atoms with Gasteiger partial charge in [-0.15, -0.1) is 0 Å². The molecule has 0 spiro atoms. The van der Waals surface area contributed by atoms with Gasteiger partial charge in [-0.3, -0.25) is 14.0 Å². The van der Waals surface area contributed by atoms with Gasteiger partial charge in [-0.05, 0) is 62.7 Å². The van der Waals surface area contributed by atoms with Crippen molar-refractivity contribution < 1.29 is 14.3 Å². The Morgan fingerprint density at radius 1 is 1.15 bits per heavy atom. The number of amides is 1. The van der Waals surface area contributed by atoms with E-state index in [-0.39, 0.29) is 11.5 Å². The zero-order valence-electron chi connectivity index (χ0n) is 19.9. The van der Waals surface area contributed by atoms with Crippen molar-refractivity contribution in [2.24, 2.45) is 0 Å². The number of anilines is 2. The summed E-state index contributed by atoms with van der Waals surface area (Å²) < 4.78 is 9.56. The van der Waals surface area contributed by atoms with Crippen molar-refractivity contribution in [3.63, 3.8) is 0 Å². The highest BCUT2D eigenvalue weighted by Crippen LogP contribution is 2.30. The minimum Gasteiger partial charge on any atom is -0.455 e. The average molecular weight is 517 g/mol. The molecule has 3 rings (SSSR count). The third-order valence-corrected chi connectivity index (χ3v) is 5.62. The lowest BCUT2D eigenvalue weighted by Gasteiger charge is -2.21. The number of nitrogens with zero attached hydrogens (tertiary/aromatic N) is 5. The van der Waals surface area contributed by atoms with E-state index in [1.807, 2.05) is 58.3 Å². The van der Waals surface area contributed by atoms with Gasteiger partial charge in [0.1, 0.15) is 11.3 Å². The van der Waals surface area contributed by atoms with Gasteiger partial charge >= 0.3 is 5.97 Å². The Balaban J connectivity index is 2.19. The number of carbonyl (C=O) groups excluding carboxylic acids is 2. The van der Waals surface area contributed by atoms with Crippen LogP contribution in [-0.2, 0) is 11.3 Å². The first-order valence-corrected chi connectivity index (χ1v) is 11.4. The van der Waals surface area contributed by atoms with Crippen molar-refractivity contribution in [2.45, 2.75) is 46.8 Å². The molecule has 33 heavy (non-hydrogen) atoms. The van der Waals surface area contributed by atoms with Crippen molar-refractivity contribution in [3.8, 4) is 5.69 Å². The molecule has 0 aliphatic carbocycles. The Morgan fingerprint density at radius 3 is 2.33 bits per heavy atom. The molecule has 0 atom stereocenters. The zero-order valence-corrected chi connectivity index (χ0v) is 21.5. The molecule has 0 aliphatic rings. The third kappa shape index (κ3) is 5.11. The first kappa shape index (κ1) is 24.5. The summed E-state index contributed by atoms with van der Waals surface area (Å²) in [6.07, 6.45) is 0. The van der Waals surface area contributed by atoms with Crippen LogP contribution in [0.1, 0.15) is 54.4 Å². The number of para-hydroxylation sites is 1. The molecule has 0 aliphatic heterocycles. The van der Waals surface area contributed by atoms with Crippen LogP contribution in [0.25, 0.3) is 5.69 Å². The first-order valence-electron chi connectivity index (χ1n) is 10.6. The summed E-state index contributed by atoms with van der Waals surface area (Å²) in [4.78, 5) is 33.0. The highest BCUT2D eigenvalue weighted by molar-refractivity contribution is 9.10. The number of hydrogen-bond donors (Lipinski definition) is 1. The van der Waals surface area contributed by atoms with E-state index in [1.54, 1.807) is 34.9 Å². The molecule has 2 aromatic heterocycles. The summed E-state index contributed by atoms with van der Waals surface area (Å²) in [5.74, 6) is -0.453. The third-order valence-electron chi connectivity index (χ3n) is 4.67. The summed E-state index contributed by atoms with van der Waals surface area (Å²) in [7, 11) is 3.64. The molecule has 3 aromatic rings. The first-order chi connectivity index (χ1) is 15.4. The molecule has 9 nitrogen and oxygen atoms in total. The van der Waals surface area contributed by atoms with E-state index < -0.39 is 17.5 Å². The van der Waals surface area contributed by atoms with E-state index in [2.05, 4.69) is 31.3 Å². The Bertz CT molecular complexity index is 1180. The minimum absolute atomic E-state index is 0.107. The molecule has 2 heterocycles. The molecule has 1 amide bonds. The van der Waals surface area contributed by atoms with E-state index in [0.717, 1.165) is 0 Å². The maximum atomic E-state index is 13.3. The normalized spacial score (nSPS) is 11.4. The van der Waals surface area contributed by atoms with E-state index in [9.17, 15) is 9.59 Å². The number of ether oxygens (including phenoxy) is 1. The predicted octanol–water partition coefficient (Wildman–Crippen LogP) is 4.43. The van der Waals surface area contributed by atoms with Crippen molar-refractivity contribution in [3.05, 3.63) is 51.9 Å². The van der Waals surface area contributed by atoms with Crippen LogP contribution in [-0.4, -0.2) is 50.9 Å². The van der Waals surface area contributed by atoms with Crippen LogP contribution in [0.15, 0.2) is 34.8 Å². The van der Waals surface area contributed by atoms with E-state index >= 15 is 0 Å². The maximum Gasteiger partial charge on any atom is 0.359 e. The molecule has 0 saturated heterocycles. The highest BCUT2D eigenvalue weighted by Gasteiger charge is 2.31. The molecule has 10 heteroatoms. The Morgan fingerprint density at radius 2 is 1.79 bits per heavy atom. The van der Waals surface area contributed by atoms with Crippen molar-refractivity contribution in [1.82, 2.24) is 19.3 Å². The number of rotatable bonds is 6. The number of halogens is 1. The fourth-order valence-electron chi connectivity index (χ4n) is 3.30. The van der Waals surface area contributed by atoms with Crippen LogP contribution in [0.4, 0.5) is 11.8 Å². The second-order valence-corrected chi connectivity index (χ2v) is 9.49. The SMILES string of the molecule is CCn1nc(C)c(Br)c1C(=O)Nc1nc(N(C)C)n(-c2ccccc2)c1C(=O)OC(C)(C)C. The number of aryl methyl sites for hydroxylation is 2. The fourth-order valence-corrected chi connectivity index (χ4v) is 3.77. The van der Waals surface area contributed by atoms with Crippen molar-refractivity contribution in [1.29, 1.82) is 0 Å². The van der Waals surface area contributed by atoms with Crippen molar-refractivity contribution >= 4 is 39.6 Å². The molecule has 1 N–H and O–H groups in total. The van der Waals surface area contributed by atoms with Crippen LogP contribution < -0.4 is 10.2 Å². The van der Waals surface area contributed by atoms with Crippen LogP contribution in [0.5, 0.6) is 0 Å². The van der Waals surface area contributed by atoms with E-state index in [1.165, 1.54) is 0 Å². The Kier molecular flexibility index (Phi) is 6.97. The quantitative estimate of drug-likeness (QED) is 0.487. The van der Waals surface area contributed by atoms with Crippen LogP contribution in [0.2, 0.25) is 0 Å². The van der Waals surface area contributed by atoms with Gasteiger partial charge in [-0.1, -0.05) is 18.2 Å². The fraction of sp³-hybridized carbons (Fsp3) is 0.391. The molecular weight excluding hydrogens is 488 g/mol. The van der Waals surface area contributed by atoms with Gasteiger partial charge in [-0.2, -0.15) is 10.1 Å². The van der Waals surface area contributed by atoms with Gasteiger partial charge in [0.15, 0.2) is 11.5 Å². The lowest BCUT2D eigenvalue weighted by molar-refractivity contribution is 0.00619. The minimum atomic E-state index is -0.733. The summed E-state index contributed by atoms with van der Waals surface area (Å²) in [5.41, 5.74) is 1.15. The highest BCUT2D eigenvalue weighted by atomic mass is 79.9. The smallest absolute Gasteiger partial charge is 0.359 e. The number of nitrogens with one attached hydrogen (secondary N) is 1. The number of esters is 1. The monoisotopic (exact) mass is 516 g/mol. The molecule has 1 aromatic carbocycles. The standard InChI is InChI=1S/C23H29BrN6O3/c1-8-29-17(16(24)14(2)27-29)20(31)25-19-18(21(32)33-23(3,4)5)30(22(26-19)28(6)7)15-12-10-9-11-13-15/h9-13H,8H2,1-7H3,(H,25,31). The Labute approximate surface area is 201 Å². The predicted molar refractivity (Wildman–Crippen MR) is 131 cm³/mol. The molecule has 0 bridgehead atoms. The summed E-state index contributed by atoms with van der Waals surface area (Å²) in [6.45, 7) is 9.59. The summed E-state index contributed by atoms with van der Waals surface area (Å²) in [5, 5.41) is 7.20. The number of hydrogen-bond acceptors (Lipinski definition) is 6. The molecule has 176 valence electrons. The maximum absolute atomic E-state index is 13.3. The molecule has 0 saturated carbocycles. The van der Waals surface area contributed by atoms with Gasteiger partial charge in [0.05, 0.1) is 10.2 Å². The molecule has 0 fully saturated rings. The zero-order chi connectivity index (χ0) is 24.5. The summed E-state index contributed by atoms with van der Waals surface area (Å²) in [6, 6.07) is 9.34. The van der Waals surface area contributed by atoms with Crippen LogP contribution in [0, 0.1) is 6.92 Å². The number of carbonyl (C=O) groups is 2. The van der Waals surface area contributed by atoms with Gasteiger partial charge < -0.3 is 15.0 Å². The van der Waals surface area contributed by atoms with Crippen molar-refractivity contribution in [2.75, 3.05) is 24.3 Å². The average Bonchev–Trinajstić information content (AvgIpc) is 3.25. The van der Waals surface area contributed by atoms with Gasteiger partial charge in [-0.25, -0.2) is 4.79 Å². The van der Waals surface area contributed by atoms with Gasteiger partial charge in [0, 0.05) is 26.3 Å². The molecular formula is C23H29BrN6O3. The largest absolute Gasteiger partial charge is 0.455 e. The van der Waals surface area contributed by atoms with Gasteiger partial charge in [0.2, 0.25) is 5.95 Å². The number of benzene rings is 1. The van der Waals surface area contributed by atoms with Crippen LogP contribution >= 0.6 is 15.9 Å². The lowest BCUT2D eigenvalue weighted by Crippen LogP contribution is -2.27. The lowest BCUT2D eigenvalue weighted by atomic mass is 10.2. The second-order valence-electron chi connectivity index (χ2n) is 8.69. The Hall–Kier alpha value is -3.14. The van der Waals surface area contributed by atoms with E-state index in [4.69, 9.17) is 4.74 Å². The van der Waals surface area contributed by atoms with E-state index in [0.29, 0.717) is 34.0 Å². The number of aromatic nitrogens is 4.